The Morgan fingerprint density at radius 2 is 1.95 bits per heavy atom. The third-order valence-electron chi connectivity index (χ3n) is 4.28. The van der Waals surface area contributed by atoms with Crippen LogP contribution in [0.15, 0.2) is 9.59 Å². The van der Waals surface area contributed by atoms with Crippen molar-refractivity contribution in [1.29, 1.82) is 0 Å². The van der Waals surface area contributed by atoms with E-state index in [4.69, 9.17) is 4.74 Å². The number of hydrogen-bond donors (Lipinski definition) is 2. The average Bonchev–Trinajstić information content (AvgIpc) is 2.78. The Labute approximate surface area is 121 Å². The number of aromatic nitrogens is 2. The van der Waals surface area contributed by atoms with Crippen LogP contribution in [0, 0.1) is 5.92 Å². The first-order valence-electron chi connectivity index (χ1n) is 7.24. The monoisotopic (exact) mass is 293 g/mol. The molecule has 1 aromatic rings. The lowest BCUT2D eigenvalue weighted by molar-refractivity contribution is -0.0601. The highest BCUT2D eigenvalue weighted by atomic mass is 16.5. The van der Waals surface area contributed by atoms with Gasteiger partial charge in [0, 0.05) is 5.92 Å². The first-order chi connectivity index (χ1) is 9.96. The molecule has 7 nitrogen and oxygen atoms in total. The molecule has 1 fully saturated rings. The van der Waals surface area contributed by atoms with Crippen molar-refractivity contribution < 1.29 is 9.53 Å². The number of nitrogens with one attached hydrogen (secondary N) is 2. The molecule has 1 spiro atoms. The van der Waals surface area contributed by atoms with Crippen molar-refractivity contribution >= 4 is 5.91 Å². The molecule has 2 aliphatic rings. The van der Waals surface area contributed by atoms with Crippen LogP contribution >= 0.6 is 0 Å². The first kappa shape index (κ1) is 14.2. The molecule has 3 rings (SSSR count). The summed E-state index contributed by atoms with van der Waals surface area (Å²) in [5, 5.41) is 3.23. The van der Waals surface area contributed by atoms with Crippen molar-refractivity contribution in [2.45, 2.75) is 38.9 Å². The van der Waals surface area contributed by atoms with Gasteiger partial charge in [0.25, 0.3) is 5.56 Å². The fourth-order valence-corrected chi connectivity index (χ4v) is 3.18. The predicted molar refractivity (Wildman–Crippen MR) is 75.4 cm³/mol. The van der Waals surface area contributed by atoms with E-state index < -0.39 is 16.9 Å². The molecular weight excluding hydrogens is 274 g/mol. The SMILES string of the molecule is CC(C)C(=O)n1c2c(c(=O)[nH]c1=O)C1(CCNCC1)OC2. The molecule has 1 saturated heterocycles. The van der Waals surface area contributed by atoms with Gasteiger partial charge < -0.3 is 10.1 Å². The Morgan fingerprint density at radius 3 is 2.57 bits per heavy atom. The van der Waals surface area contributed by atoms with Crippen LogP contribution in [-0.4, -0.2) is 28.5 Å². The Morgan fingerprint density at radius 1 is 1.29 bits per heavy atom. The van der Waals surface area contributed by atoms with Gasteiger partial charge in [-0.2, -0.15) is 0 Å². The highest BCUT2D eigenvalue weighted by molar-refractivity contribution is 5.81. The number of H-pyrrole nitrogens is 1. The lowest BCUT2D eigenvalue weighted by atomic mass is 9.86. The van der Waals surface area contributed by atoms with Crippen LogP contribution in [0.1, 0.15) is 42.7 Å². The number of nitrogens with zero attached hydrogens (tertiary/aromatic N) is 1. The van der Waals surface area contributed by atoms with E-state index in [1.54, 1.807) is 13.8 Å². The lowest BCUT2D eigenvalue weighted by Crippen LogP contribution is -2.45. The van der Waals surface area contributed by atoms with E-state index in [1.165, 1.54) is 0 Å². The number of piperidine rings is 1. The molecule has 0 bridgehead atoms. The average molecular weight is 293 g/mol. The highest BCUT2D eigenvalue weighted by Gasteiger charge is 2.45. The Bertz CT molecular complexity index is 695. The van der Waals surface area contributed by atoms with Crippen LogP contribution in [0.5, 0.6) is 0 Å². The molecule has 114 valence electrons. The van der Waals surface area contributed by atoms with Gasteiger partial charge >= 0.3 is 5.69 Å². The van der Waals surface area contributed by atoms with Gasteiger partial charge in [-0.25, -0.2) is 9.36 Å². The number of ether oxygens (including phenoxy) is 1. The molecule has 3 heterocycles. The second-order valence-corrected chi connectivity index (χ2v) is 5.94. The molecule has 1 aromatic heterocycles. The summed E-state index contributed by atoms with van der Waals surface area (Å²) >= 11 is 0. The number of carbonyl (C=O) groups excluding carboxylic acids is 1. The number of carbonyl (C=O) groups is 1. The number of fused-ring (bicyclic) bond motifs is 2. The molecule has 21 heavy (non-hydrogen) atoms. The summed E-state index contributed by atoms with van der Waals surface area (Å²) in [5.74, 6) is -0.649. The summed E-state index contributed by atoms with van der Waals surface area (Å²) in [5.41, 5.74) is -0.892. The van der Waals surface area contributed by atoms with Crippen molar-refractivity contribution in [2.24, 2.45) is 5.92 Å². The first-order valence-corrected chi connectivity index (χ1v) is 7.24. The number of aromatic amines is 1. The normalized spacial score (nSPS) is 20.0. The summed E-state index contributed by atoms with van der Waals surface area (Å²) in [7, 11) is 0. The second-order valence-electron chi connectivity index (χ2n) is 5.94. The van der Waals surface area contributed by atoms with Gasteiger partial charge in [-0.1, -0.05) is 13.8 Å². The maximum Gasteiger partial charge on any atom is 0.335 e. The Balaban J connectivity index is 2.22. The third-order valence-corrected chi connectivity index (χ3v) is 4.28. The summed E-state index contributed by atoms with van der Waals surface area (Å²) in [6, 6.07) is 0. The standard InChI is InChI=1S/C14H19N3O4/c1-8(2)12(19)17-9-7-21-14(3-5-15-6-4-14)10(9)11(18)16-13(17)20/h8,15H,3-7H2,1-2H3,(H,16,18,20). The van der Waals surface area contributed by atoms with E-state index in [0.717, 1.165) is 17.7 Å². The molecular formula is C14H19N3O4. The smallest absolute Gasteiger partial charge is 0.335 e. The summed E-state index contributed by atoms with van der Waals surface area (Å²) in [6.07, 6.45) is 1.33. The van der Waals surface area contributed by atoms with Gasteiger partial charge in [-0.3, -0.25) is 14.6 Å². The van der Waals surface area contributed by atoms with Gasteiger partial charge in [-0.15, -0.1) is 0 Å². The lowest BCUT2D eigenvalue weighted by Gasteiger charge is -2.33. The molecule has 0 unspecified atom stereocenters. The van der Waals surface area contributed by atoms with Gasteiger partial charge in [0.05, 0.1) is 17.9 Å². The van der Waals surface area contributed by atoms with Crippen LogP contribution in [0.2, 0.25) is 0 Å². The van der Waals surface area contributed by atoms with Crippen molar-refractivity contribution in [3.8, 4) is 0 Å². The van der Waals surface area contributed by atoms with E-state index in [2.05, 4.69) is 10.3 Å². The van der Waals surface area contributed by atoms with Gasteiger partial charge in [-0.05, 0) is 25.9 Å². The third kappa shape index (κ3) is 2.08. The van der Waals surface area contributed by atoms with E-state index in [9.17, 15) is 14.4 Å². The quantitative estimate of drug-likeness (QED) is 0.757. The fourth-order valence-electron chi connectivity index (χ4n) is 3.18. The maximum absolute atomic E-state index is 12.3. The minimum atomic E-state index is -0.674. The van der Waals surface area contributed by atoms with Crippen LogP contribution in [-0.2, 0) is 16.9 Å². The largest absolute Gasteiger partial charge is 0.364 e. The zero-order valence-electron chi connectivity index (χ0n) is 12.2. The van der Waals surface area contributed by atoms with E-state index in [0.29, 0.717) is 24.1 Å². The molecule has 0 aliphatic carbocycles. The molecule has 0 atom stereocenters. The summed E-state index contributed by atoms with van der Waals surface area (Å²) in [4.78, 5) is 38.9. The zero-order chi connectivity index (χ0) is 15.2. The molecule has 0 amide bonds. The molecule has 0 aromatic carbocycles. The highest BCUT2D eigenvalue weighted by Crippen LogP contribution is 2.40. The molecule has 0 saturated carbocycles. The van der Waals surface area contributed by atoms with Gasteiger partial charge in [0.15, 0.2) is 0 Å². The maximum atomic E-state index is 12.3. The minimum absolute atomic E-state index is 0.132. The molecule has 7 heteroatoms. The Kier molecular flexibility index (Phi) is 3.33. The number of hydrogen-bond acceptors (Lipinski definition) is 5. The second kappa shape index (κ2) is 4.92. The summed E-state index contributed by atoms with van der Waals surface area (Å²) in [6.45, 7) is 5.07. The van der Waals surface area contributed by atoms with Crippen LogP contribution in [0.3, 0.4) is 0 Å². The van der Waals surface area contributed by atoms with Crippen molar-refractivity contribution in [3.05, 3.63) is 32.1 Å². The van der Waals surface area contributed by atoms with Gasteiger partial charge in [0.1, 0.15) is 5.60 Å². The van der Waals surface area contributed by atoms with E-state index >= 15 is 0 Å². The molecule has 2 N–H and O–H groups in total. The van der Waals surface area contributed by atoms with Crippen molar-refractivity contribution in [3.63, 3.8) is 0 Å². The molecule has 2 aliphatic heterocycles. The Hall–Kier alpha value is -1.73. The number of rotatable bonds is 1. The van der Waals surface area contributed by atoms with Crippen molar-refractivity contribution in [2.75, 3.05) is 13.1 Å². The predicted octanol–water partition coefficient (Wildman–Crippen LogP) is -0.0583. The van der Waals surface area contributed by atoms with Crippen LogP contribution in [0.4, 0.5) is 0 Å². The zero-order valence-corrected chi connectivity index (χ0v) is 12.2. The minimum Gasteiger partial charge on any atom is -0.364 e. The van der Waals surface area contributed by atoms with Crippen LogP contribution < -0.4 is 16.6 Å². The van der Waals surface area contributed by atoms with E-state index in [1.807, 2.05) is 0 Å². The van der Waals surface area contributed by atoms with Crippen LogP contribution in [0.25, 0.3) is 0 Å². The van der Waals surface area contributed by atoms with E-state index in [-0.39, 0.29) is 18.4 Å². The fraction of sp³-hybridized carbons (Fsp3) is 0.643. The topological polar surface area (TPSA) is 93.2 Å². The molecule has 0 radical (unpaired) electrons. The van der Waals surface area contributed by atoms with Crippen molar-refractivity contribution in [1.82, 2.24) is 14.9 Å². The summed E-state index contributed by atoms with van der Waals surface area (Å²) < 4.78 is 6.97. The van der Waals surface area contributed by atoms with Gasteiger partial charge in [0.2, 0.25) is 5.91 Å².